The first-order chi connectivity index (χ1) is 17.5. The number of hydrogen-bond donors (Lipinski definition) is 4. The number of unbranched alkanes of at least 4 members (excludes halogenated alkanes) is 10. The van der Waals surface area contributed by atoms with Crippen LogP contribution >= 0.6 is 0 Å². The predicted molar refractivity (Wildman–Crippen MR) is 136 cm³/mol. The quantitative estimate of drug-likeness (QED) is 0.226. The Balaban J connectivity index is 1.48. The van der Waals surface area contributed by atoms with Crippen molar-refractivity contribution in [3.63, 3.8) is 0 Å². The maximum atomic E-state index is 12.2. The van der Waals surface area contributed by atoms with Gasteiger partial charge in [0.05, 0.1) is 12.9 Å². The van der Waals surface area contributed by atoms with Gasteiger partial charge in [0, 0.05) is 6.42 Å². The van der Waals surface area contributed by atoms with Crippen LogP contribution in [0, 0.1) is 11.8 Å². The number of anilines is 1. The van der Waals surface area contributed by atoms with Crippen LogP contribution in [0.25, 0.3) is 11.2 Å². The summed E-state index contributed by atoms with van der Waals surface area (Å²) in [5, 5.41) is 29.7. The fourth-order valence-electron chi connectivity index (χ4n) is 4.43. The van der Waals surface area contributed by atoms with Gasteiger partial charge in [-0.15, -0.1) is 0 Å². The van der Waals surface area contributed by atoms with Crippen LogP contribution in [-0.2, 0) is 9.53 Å². The molecule has 0 spiro atoms. The molecule has 10 heteroatoms. The summed E-state index contributed by atoms with van der Waals surface area (Å²) in [4.78, 5) is 24.8. The monoisotopic (exact) mass is 501 g/mol. The van der Waals surface area contributed by atoms with Crippen molar-refractivity contribution >= 4 is 22.8 Å². The second-order valence-corrected chi connectivity index (χ2v) is 9.44. The number of fused-ring (bicyclic) bond motifs is 1. The molecule has 0 aliphatic carbocycles. The number of aliphatic hydroxyl groups excluding tert-OH is 3. The van der Waals surface area contributed by atoms with Crippen molar-refractivity contribution in [1.82, 2.24) is 19.5 Å². The Morgan fingerprint density at radius 2 is 1.67 bits per heavy atom. The first-order valence-electron chi connectivity index (χ1n) is 13.1. The van der Waals surface area contributed by atoms with Gasteiger partial charge in [-0.1, -0.05) is 71.1 Å². The summed E-state index contributed by atoms with van der Waals surface area (Å²) >= 11 is 0. The van der Waals surface area contributed by atoms with Crippen molar-refractivity contribution in [2.24, 2.45) is 0 Å². The first kappa shape index (κ1) is 28.0. The van der Waals surface area contributed by atoms with Gasteiger partial charge in [-0.25, -0.2) is 15.0 Å². The van der Waals surface area contributed by atoms with Crippen LogP contribution in [0.15, 0.2) is 6.33 Å². The molecule has 4 atom stereocenters. The molecule has 198 valence electrons. The molecule has 0 radical (unpaired) electrons. The van der Waals surface area contributed by atoms with Gasteiger partial charge in [0.1, 0.15) is 23.8 Å². The Bertz CT molecular complexity index is 1050. The number of imidazole rings is 1. The van der Waals surface area contributed by atoms with Crippen molar-refractivity contribution in [2.75, 3.05) is 12.3 Å². The normalized spacial score (nSPS) is 21.6. The average molecular weight is 502 g/mol. The molecule has 0 aromatic carbocycles. The van der Waals surface area contributed by atoms with Crippen LogP contribution in [0.3, 0.4) is 0 Å². The van der Waals surface area contributed by atoms with Gasteiger partial charge >= 0.3 is 0 Å². The average Bonchev–Trinajstić information content (AvgIpc) is 3.42. The number of nitrogens with two attached hydrogens (primary N) is 1. The van der Waals surface area contributed by atoms with Crippen LogP contribution < -0.4 is 5.73 Å². The zero-order chi connectivity index (χ0) is 25.9. The molecule has 0 saturated carbocycles. The van der Waals surface area contributed by atoms with Gasteiger partial charge < -0.3 is 25.8 Å². The van der Waals surface area contributed by atoms with Gasteiger partial charge in [-0.05, 0) is 18.3 Å². The van der Waals surface area contributed by atoms with E-state index in [4.69, 9.17) is 10.5 Å². The SMILES string of the molecule is CCCCCCCCCCCCCC(=O)C#Cc1nc(N)c2ncn([C@@H]3O[C@H](CO)C(O)C3O)c2n1. The van der Waals surface area contributed by atoms with E-state index in [1.807, 2.05) is 0 Å². The summed E-state index contributed by atoms with van der Waals surface area (Å²) in [7, 11) is 0. The molecule has 2 aromatic rings. The molecule has 1 aliphatic heterocycles. The summed E-state index contributed by atoms with van der Waals surface area (Å²) in [5.41, 5.74) is 6.53. The highest BCUT2D eigenvalue weighted by Gasteiger charge is 2.44. The van der Waals surface area contributed by atoms with Crippen LogP contribution in [0.1, 0.15) is 96.0 Å². The molecule has 2 unspecified atom stereocenters. The molecule has 0 amide bonds. The van der Waals surface area contributed by atoms with Gasteiger partial charge in [0.25, 0.3) is 0 Å². The van der Waals surface area contributed by atoms with Gasteiger partial charge in [0.2, 0.25) is 11.6 Å². The Labute approximate surface area is 212 Å². The highest BCUT2D eigenvalue weighted by Crippen LogP contribution is 2.31. The Kier molecular flexibility index (Phi) is 11.1. The van der Waals surface area contributed by atoms with E-state index in [1.165, 1.54) is 62.3 Å². The number of ketones is 1. The molecule has 3 heterocycles. The van der Waals surface area contributed by atoms with Crippen molar-refractivity contribution < 1.29 is 24.9 Å². The third-order valence-corrected chi connectivity index (χ3v) is 6.56. The van der Waals surface area contributed by atoms with Gasteiger partial charge in [-0.2, -0.15) is 0 Å². The third-order valence-electron chi connectivity index (χ3n) is 6.56. The molecule has 10 nitrogen and oxygen atoms in total. The number of ether oxygens (including phenoxy) is 1. The number of Topliss-reactive ketones (excluding diaryl/α,β-unsaturated/α-hetero) is 1. The lowest BCUT2D eigenvalue weighted by Crippen LogP contribution is -2.33. The molecule has 1 saturated heterocycles. The Morgan fingerprint density at radius 1 is 1.03 bits per heavy atom. The van der Waals surface area contributed by atoms with E-state index < -0.39 is 31.1 Å². The molecule has 1 fully saturated rings. The Hall–Kier alpha value is -2.58. The fraction of sp³-hybridized carbons (Fsp3) is 0.692. The molecule has 2 aromatic heterocycles. The third kappa shape index (κ3) is 7.46. The van der Waals surface area contributed by atoms with Crippen molar-refractivity contribution in [3.05, 3.63) is 12.2 Å². The van der Waals surface area contributed by atoms with E-state index in [9.17, 15) is 20.1 Å². The van der Waals surface area contributed by atoms with Crippen LogP contribution in [0.4, 0.5) is 5.82 Å². The second-order valence-electron chi connectivity index (χ2n) is 9.44. The second kappa shape index (κ2) is 14.2. The van der Waals surface area contributed by atoms with E-state index in [1.54, 1.807) is 0 Å². The topological polar surface area (TPSA) is 157 Å². The summed E-state index contributed by atoms with van der Waals surface area (Å²) in [5.74, 6) is 5.22. The smallest absolute Gasteiger partial charge is 0.209 e. The maximum Gasteiger partial charge on any atom is 0.209 e. The lowest BCUT2D eigenvalue weighted by Gasteiger charge is -2.16. The minimum absolute atomic E-state index is 0.0563. The molecule has 3 rings (SSSR count). The standard InChI is InChI=1S/C26H39N5O5/c1-2-3-4-5-6-7-8-9-10-11-12-13-18(33)14-15-20-29-24(27)21-25(30-20)31(17-28-21)26-23(35)22(34)19(16-32)36-26/h17,19,22-23,26,32,34-35H,2-13,16H2,1H3,(H2,27,29,30)/t19-,22?,23?,26-/m1/s1. The zero-order valence-corrected chi connectivity index (χ0v) is 21.1. The number of carbonyl (C=O) groups excluding carboxylic acids is 1. The Morgan fingerprint density at radius 3 is 2.28 bits per heavy atom. The molecule has 1 aliphatic rings. The summed E-state index contributed by atoms with van der Waals surface area (Å²) in [6.07, 6.45) is 10.6. The number of hydrogen-bond acceptors (Lipinski definition) is 9. The number of aliphatic hydroxyl groups is 3. The van der Waals surface area contributed by atoms with Crippen molar-refractivity contribution in [2.45, 2.75) is 109 Å². The van der Waals surface area contributed by atoms with Gasteiger partial charge in [-0.3, -0.25) is 9.36 Å². The largest absolute Gasteiger partial charge is 0.394 e. The zero-order valence-electron chi connectivity index (χ0n) is 21.1. The summed E-state index contributed by atoms with van der Waals surface area (Å²) in [6, 6.07) is 0. The number of nitrogens with zero attached hydrogens (tertiary/aromatic N) is 4. The number of nitrogen functional groups attached to an aromatic ring is 1. The molecule has 0 bridgehead atoms. The lowest BCUT2D eigenvalue weighted by atomic mass is 10.0. The minimum atomic E-state index is -1.29. The maximum absolute atomic E-state index is 12.2. The lowest BCUT2D eigenvalue weighted by molar-refractivity contribution is -0.113. The highest BCUT2D eigenvalue weighted by atomic mass is 16.6. The summed E-state index contributed by atoms with van der Waals surface area (Å²) in [6.45, 7) is 1.79. The van der Waals surface area contributed by atoms with Crippen LogP contribution in [0.5, 0.6) is 0 Å². The fourth-order valence-corrected chi connectivity index (χ4v) is 4.43. The first-order valence-corrected chi connectivity index (χ1v) is 13.1. The van der Waals surface area contributed by atoms with Crippen molar-refractivity contribution in [1.29, 1.82) is 0 Å². The molecule has 5 N–H and O–H groups in total. The minimum Gasteiger partial charge on any atom is -0.394 e. The number of rotatable bonds is 14. The number of aromatic nitrogens is 4. The molecular formula is C26H39N5O5. The van der Waals surface area contributed by atoms with Gasteiger partial charge in [0.15, 0.2) is 17.7 Å². The molecular weight excluding hydrogens is 462 g/mol. The van der Waals surface area contributed by atoms with Crippen LogP contribution in [-0.4, -0.2) is 65.5 Å². The van der Waals surface area contributed by atoms with E-state index in [0.717, 1.165) is 19.3 Å². The van der Waals surface area contributed by atoms with E-state index >= 15 is 0 Å². The van der Waals surface area contributed by atoms with E-state index in [2.05, 4.69) is 33.7 Å². The summed E-state index contributed by atoms with van der Waals surface area (Å²) < 4.78 is 6.96. The highest BCUT2D eigenvalue weighted by molar-refractivity contribution is 5.95. The number of carbonyl (C=O) groups is 1. The van der Waals surface area contributed by atoms with Crippen molar-refractivity contribution in [3.8, 4) is 11.8 Å². The van der Waals surface area contributed by atoms with E-state index in [-0.39, 0.29) is 28.6 Å². The van der Waals surface area contributed by atoms with E-state index in [0.29, 0.717) is 6.42 Å². The molecule has 36 heavy (non-hydrogen) atoms. The van der Waals surface area contributed by atoms with Crippen LogP contribution in [0.2, 0.25) is 0 Å². The predicted octanol–water partition coefficient (Wildman–Crippen LogP) is 2.64.